The van der Waals surface area contributed by atoms with Gasteiger partial charge in [-0.15, -0.1) is 0 Å². The van der Waals surface area contributed by atoms with Crippen LogP contribution in [-0.2, 0) is 16.0 Å². The summed E-state index contributed by atoms with van der Waals surface area (Å²) in [6.45, 7) is 10.1. The SMILES string of the molecule is Cc1ccc(C[C@@H](C(=O)O)N2CCN(C(=O)[C@@H]3CN(C(C)(C)C)C[C@H]3c3ccc(F)c(F)c3F)[C@@H](C)C2)c(F)c1F. The standard InChI is InChI=1S/C30H36F5N3O3/c1-16-6-7-18(25(33)24(16)32)12-23(29(40)41)36-10-11-38(17(2)13-36)28(39)21-15-37(30(3,4)5)14-20(21)19-8-9-22(31)27(35)26(19)34/h6-9,17,20-21,23H,10-15H2,1-5H3,(H,40,41)/t17-,20-,21+,23-/m0/s1. The molecule has 4 rings (SSSR count). The maximum absolute atomic E-state index is 14.9. The van der Waals surface area contributed by atoms with E-state index < -0.39 is 59.0 Å². The number of hydrogen-bond donors (Lipinski definition) is 1. The number of carbonyl (C=O) groups is 2. The van der Waals surface area contributed by atoms with Gasteiger partial charge in [-0.2, -0.15) is 0 Å². The molecule has 0 bridgehead atoms. The van der Waals surface area contributed by atoms with Gasteiger partial charge in [0.2, 0.25) is 5.91 Å². The number of amides is 1. The molecular formula is C30H36F5N3O3. The highest BCUT2D eigenvalue weighted by atomic mass is 19.2. The third kappa shape index (κ3) is 6.11. The number of carbonyl (C=O) groups excluding carboxylic acids is 1. The Bertz CT molecular complexity index is 1330. The average molecular weight is 582 g/mol. The summed E-state index contributed by atoms with van der Waals surface area (Å²) >= 11 is 0. The first-order valence-corrected chi connectivity index (χ1v) is 13.7. The fourth-order valence-corrected chi connectivity index (χ4v) is 5.98. The van der Waals surface area contributed by atoms with Gasteiger partial charge >= 0.3 is 5.97 Å². The second-order valence-electron chi connectivity index (χ2n) is 12.2. The second kappa shape index (κ2) is 11.7. The van der Waals surface area contributed by atoms with Crippen LogP contribution in [0.15, 0.2) is 24.3 Å². The van der Waals surface area contributed by atoms with Gasteiger partial charge in [0.1, 0.15) is 6.04 Å². The molecule has 6 nitrogen and oxygen atoms in total. The first-order valence-electron chi connectivity index (χ1n) is 13.7. The van der Waals surface area contributed by atoms with Crippen LogP contribution >= 0.6 is 0 Å². The molecule has 0 spiro atoms. The zero-order valence-corrected chi connectivity index (χ0v) is 23.9. The van der Waals surface area contributed by atoms with E-state index >= 15 is 0 Å². The number of likely N-dealkylation sites (tertiary alicyclic amines) is 1. The van der Waals surface area contributed by atoms with Crippen molar-refractivity contribution in [3.05, 3.63) is 70.0 Å². The number of nitrogens with zero attached hydrogens (tertiary/aromatic N) is 3. The molecule has 2 heterocycles. The number of carboxylic acids is 1. The number of rotatable bonds is 6. The van der Waals surface area contributed by atoms with E-state index in [1.807, 2.05) is 25.7 Å². The molecule has 1 amide bonds. The number of carboxylic acid groups (broad SMARTS) is 1. The molecule has 0 aromatic heterocycles. The lowest BCUT2D eigenvalue weighted by Gasteiger charge is -2.43. The van der Waals surface area contributed by atoms with Crippen molar-refractivity contribution in [3.63, 3.8) is 0 Å². The molecule has 2 aromatic carbocycles. The Morgan fingerprint density at radius 2 is 1.61 bits per heavy atom. The summed E-state index contributed by atoms with van der Waals surface area (Å²) in [5.74, 6) is -9.18. The van der Waals surface area contributed by atoms with E-state index in [1.54, 1.807) is 16.7 Å². The lowest BCUT2D eigenvalue weighted by molar-refractivity contribution is -0.147. The van der Waals surface area contributed by atoms with Crippen LogP contribution in [0.2, 0.25) is 0 Å². The van der Waals surface area contributed by atoms with Crippen LogP contribution in [-0.4, -0.2) is 82.0 Å². The summed E-state index contributed by atoms with van der Waals surface area (Å²) in [7, 11) is 0. The molecule has 0 aliphatic carbocycles. The minimum Gasteiger partial charge on any atom is -0.480 e. The molecule has 4 atom stereocenters. The van der Waals surface area contributed by atoms with E-state index in [0.29, 0.717) is 0 Å². The van der Waals surface area contributed by atoms with E-state index in [2.05, 4.69) is 0 Å². The van der Waals surface area contributed by atoms with Gasteiger partial charge in [0.15, 0.2) is 29.1 Å². The minimum atomic E-state index is -1.57. The maximum Gasteiger partial charge on any atom is 0.321 e. The Labute approximate surface area is 236 Å². The lowest BCUT2D eigenvalue weighted by atomic mass is 9.87. The van der Waals surface area contributed by atoms with Crippen molar-refractivity contribution in [3.8, 4) is 0 Å². The van der Waals surface area contributed by atoms with Crippen LogP contribution in [0.1, 0.15) is 50.3 Å². The molecule has 2 saturated heterocycles. The number of aliphatic carboxylic acids is 1. The lowest BCUT2D eigenvalue weighted by Crippen LogP contribution is -2.59. The largest absolute Gasteiger partial charge is 0.480 e. The van der Waals surface area contributed by atoms with Crippen LogP contribution in [0.3, 0.4) is 0 Å². The minimum absolute atomic E-state index is 0.0451. The zero-order chi connectivity index (χ0) is 30.4. The highest BCUT2D eigenvalue weighted by Gasteiger charge is 2.46. The van der Waals surface area contributed by atoms with Crippen molar-refractivity contribution in [2.45, 2.75) is 64.6 Å². The van der Waals surface area contributed by atoms with Gasteiger partial charge in [-0.25, -0.2) is 22.0 Å². The Hall–Kier alpha value is -3.05. The van der Waals surface area contributed by atoms with Crippen LogP contribution < -0.4 is 0 Å². The first-order chi connectivity index (χ1) is 19.1. The number of aryl methyl sites for hydroxylation is 1. The van der Waals surface area contributed by atoms with Gasteiger partial charge in [0.05, 0.1) is 5.92 Å². The second-order valence-corrected chi connectivity index (χ2v) is 12.2. The van der Waals surface area contributed by atoms with E-state index in [4.69, 9.17) is 0 Å². The Kier molecular flexibility index (Phi) is 8.80. The molecule has 0 radical (unpaired) electrons. The Balaban J connectivity index is 1.54. The molecule has 11 heteroatoms. The molecule has 0 saturated carbocycles. The molecule has 41 heavy (non-hydrogen) atoms. The predicted molar refractivity (Wildman–Crippen MR) is 143 cm³/mol. The van der Waals surface area contributed by atoms with E-state index in [-0.39, 0.29) is 67.3 Å². The molecule has 2 aliphatic heterocycles. The summed E-state index contributed by atoms with van der Waals surface area (Å²) in [6.07, 6.45) is -0.250. The van der Waals surface area contributed by atoms with Crippen molar-refractivity contribution in [1.82, 2.24) is 14.7 Å². The molecular weight excluding hydrogens is 545 g/mol. The average Bonchev–Trinajstić information content (AvgIpc) is 3.35. The van der Waals surface area contributed by atoms with Gasteiger partial charge in [-0.1, -0.05) is 18.2 Å². The van der Waals surface area contributed by atoms with E-state index in [9.17, 15) is 36.6 Å². The van der Waals surface area contributed by atoms with Gasteiger partial charge in [-0.05, 0) is 57.4 Å². The molecule has 2 aromatic rings. The van der Waals surface area contributed by atoms with Crippen LogP contribution in [0.4, 0.5) is 22.0 Å². The topological polar surface area (TPSA) is 64.1 Å². The fourth-order valence-electron chi connectivity index (χ4n) is 5.98. The zero-order valence-electron chi connectivity index (χ0n) is 23.9. The quantitative estimate of drug-likeness (QED) is 0.395. The van der Waals surface area contributed by atoms with Crippen molar-refractivity contribution in [1.29, 1.82) is 0 Å². The van der Waals surface area contributed by atoms with Gasteiger partial charge < -0.3 is 10.0 Å². The number of benzene rings is 2. The molecule has 2 fully saturated rings. The summed E-state index contributed by atoms with van der Waals surface area (Å²) in [6, 6.07) is 3.25. The normalized spacial score (nSPS) is 23.2. The van der Waals surface area contributed by atoms with Crippen LogP contribution in [0.25, 0.3) is 0 Å². The summed E-state index contributed by atoms with van der Waals surface area (Å²) in [5.41, 5.74) is -0.348. The Morgan fingerprint density at radius 1 is 0.927 bits per heavy atom. The van der Waals surface area contributed by atoms with E-state index in [1.165, 1.54) is 25.1 Å². The molecule has 1 N–H and O–H groups in total. The smallest absolute Gasteiger partial charge is 0.321 e. The highest BCUT2D eigenvalue weighted by Crippen LogP contribution is 2.39. The van der Waals surface area contributed by atoms with Crippen LogP contribution in [0, 0.1) is 41.9 Å². The van der Waals surface area contributed by atoms with Gasteiger partial charge in [0.25, 0.3) is 0 Å². The van der Waals surface area contributed by atoms with Crippen molar-refractivity contribution >= 4 is 11.9 Å². The maximum atomic E-state index is 14.9. The van der Waals surface area contributed by atoms with Crippen molar-refractivity contribution in [2.24, 2.45) is 5.92 Å². The third-order valence-corrected chi connectivity index (χ3v) is 8.49. The monoisotopic (exact) mass is 581 g/mol. The van der Waals surface area contributed by atoms with Gasteiger partial charge in [-0.3, -0.25) is 19.4 Å². The molecule has 0 unspecified atom stereocenters. The highest BCUT2D eigenvalue weighted by molar-refractivity contribution is 5.81. The van der Waals surface area contributed by atoms with Crippen LogP contribution in [0.5, 0.6) is 0 Å². The van der Waals surface area contributed by atoms with Gasteiger partial charge in [0, 0.05) is 56.6 Å². The number of halogens is 5. The Morgan fingerprint density at radius 3 is 2.22 bits per heavy atom. The molecule has 2 aliphatic rings. The predicted octanol–water partition coefficient (Wildman–Crippen LogP) is 4.73. The third-order valence-electron chi connectivity index (χ3n) is 8.49. The first kappa shape index (κ1) is 30.9. The van der Waals surface area contributed by atoms with Crippen molar-refractivity contribution in [2.75, 3.05) is 32.7 Å². The fraction of sp³-hybridized carbons (Fsp3) is 0.533. The van der Waals surface area contributed by atoms with Crippen molar-refractivity contribution < 1.29 is 36.6 Å². The molecule has 224 valence electrons. The van der Waals surface area contributed by atoms with E-state index in [0.717, 1.165) is 6.07 Å². The summed E-state index contributed by atoms with van der Waals surface area (Å²) in [5, 5.41) is 9.93. The number of piperazine rings is 1. The number of hydrogen-bond acceptors (Lipinski definition) is 4. The summed E-state index contributed by atoms with van der Waals surface area (Å²) in [4.78, 5) is 31.4. The summed E-state index contributed by atoms with van der Waals surface area (Å²) < 4.78 is 71.4.